The largest absolute Gasteiger partial charge is 0.481 e. The van der Waals surface area contributed by atoms with Crippen LogP contribution in [0.5, 0.6) is 5.88 Å². The van der Waals surface area contributed by atoms with E-state index in [0.717, 1.165) is 5.56 Å². The van der Waals surface area contributed by atoms with Crippen molar-refractivity contribution in [1.29, 1.82) is 0 Å². The van der Waals surface area contributed by atoms with Crippen molar-refractivity contribution < 1.29 is 17.9 Å². The van der Waals surface area contributed by atoms with Crippen LogP contribution in [0.2, 0.25) is 5.02 Å². The molecule has 1 N–H and O–H groups in total. The molecule has 3 heterocycles. The maximum absolute atomic E-state index is 13.5. The van der Waals surface area contributed by atoms with Crippen molar-refractivity contribution in [1.82, 2.24) is 29.7 Å². The molecule has 0 spiro atoms. The summed E-state index contributed by atoms with van der Waals surface area (Å²) in [5, 5.41) is 7.60. The number of hydrogen-bond donors (Lipinski definition) is 1. The van der Waals surface area contributed by atoms with E-state index < -0.39 is 21.4 Å². The molecule has 188 valence electrons. The number of anilines is 1. The molecule has 4 rings (SSSR count). The highest BCUT2D eigenvalue weighted by Crippen LogP contribution is 2.31. The Morgan fingerprint density at radius 3 is 2.42 bits per heavy atom. The van der Waals surface area contributed by atoms with Crippen molar-refractivity contribution in [2.45, 2.75) is 25.2 Å². The van der Waals surface area contributed by atoms with Crippen LogP contribution in [-0.2, 0) is 14.8 Å². The molecule has 0 aliphatic carbocycles. The van der Waals surface area contributed by atoms with Gasteiger partial charge >= 0.3 is 0 Å². The van der Waals surface area contributed by atoms with E-state index in [9.17, 15) is 8.42 Å². The number of nitrogens with zero attached hydrogens (tertiary/aromatic N) is 6. The molecule has 0 radical (unpaired) electrons. The van der Waals surface area contributed by atoms with Crippen molar-refractivity contribution in [2.24, 2.45) is 0 Å². The van der Waals surface area contributed by atoms with Gasteiger partial charge in [0.15, 0.2) is 11.6 Å². The van der Waals surface area contributed by atoms with Gasteiger partial charge in [0.05, 0.1) is 17.8 Å². The van der Waals surface area contributed by atoms with E-state index in [0.29, 0.717) is 22.3 Å². The fourth-order valence-electron chi connectivity index (χ4n) is 3.47. The molecule has 2 unspecified atom stereocenters. The molecule has 4 aromatic rings. The predicted molar refractivity (Wildman–Crippen MR) is 135 cm³/mol. The number of sulfonamides is 1. The van der Waals surface area contributed by atoms with Gasteiger partial charge < -0.3 is 9.47 Å². The minimum Gasteiger partial charge on any atom is -0.481 e. The number of aromatic nitrogens is 6. The Kier molecular flexibility index (Phi) is 7.48. The summed E-state index contributed by atoms with van der Waals surface area (Å²) in [6, 6.07) is 12.0. The summed E-state index contributed by atoms with van der Waals surface area (Å²) < 4.78 is 41.6. The highest BCUT2D eigenvalue weighted by atomic mass is 35.5. The number of ether oxygens (including phenoxy) is 2. The van der Waals surface area contributed by atoms with Gasteiger partial charge in [-0.2, -0.15) is 0 Å². The number of rotatable bonds is 9. The zero-order valence-corrected chi connectivity index (χ0v) is 21.5. The van der Waals surface area contributed by atoms with Crippen LogP contribution in [0.1, 0.15) is 24.4 Å². The molecular formula is C23H24ClN7O4S. The molecule has 0 aliphatic rings. The quantitative estimate of drug-likeness (QED) is 0.345. The van der Waals surface area contributed by atoms with E-state index in [2.05, 4.69) is 29.9 Å². The Hall–Kier alpha value is -3.61. The molecule has 2 atom stereocenters. The number of para-hydroxylation sites is 1. The predicted octanol–water partition coefficient (Wildman–Crippen LogP) is 3.61. The van der Waals surface area contributed by atoms with E-state index in [-0.39, 0.29) is 17.6 Å². The molecule has 0 fully saturated rings. The van der Waals surface area contributed by atoms with E-state index in [4.69, 9.17) is 21.1 Å². The molecule has 0 aliphatic heterocycles. The maximum Gasteiger partial charge on any atom is 0.243 e. The normalized spacial score (nSPS) is 13.2. The van der Waals surface area contributed by atoms with Gasteiger partial charge in [0.25, 0.3) is 0 Å². The monoisotopic (exact) mass is 529 g/mol. The first-order valence-electron chi connectivity index (χ1n) is 10.8. The third-order valence-corrected chi connectivity index (χ3v) is 7.39. The summed E-state index contributed by atoms with van der Waals surface area (Å²) in [6.07, 6.45) is 2.27. The molecule has 36 heavy (non-hydrogen) atoms. The Labute approximate surface area is 213 Å². The van der Waals surface area contributed by atoms with E-state index in [1.54, 1.807) is 54.9 Å². The van der Waals surface area contributed by atoms with Gasteiger partial charge in [-0.05, 0) is 37.6 Å². The van der Waals surface area contributed by atoms with Crippen LogP contribution in [0.15, 0.2) is 54.9 Å². The number of nitrogens with one attached hydrogen (secondary N) is 1. The molecule has 0 saturated heterocycles. The Bertz CT molecular complexity index is 1460. The summed E-state index contributed by atoms with van der Waals surface area (Å²) in [5.41, 5.74) is 1.70. The molecule has 3 aromatic heterocycles. The Morgan fingerprint density at radius 1 is 1.03 bits per heavy atom. The van der Waals surface area contributed by atoms with Gasteiger partial charge in [-0.25, -0.2) is 23.4 Å². The van der Waals surface area contributed by atoms with E-state index in [1.807, 2.05) is 6.92 Å². The molecule has 1 aromatic carbocycles. The zero-order valence-electron chi connectivity index (χ0n) is 20.0. The molecule has 0 amide bonds. The Morgan fingerprint density at radius 2 is 1.75 bits per heavy atom. The third-order valence-electron chi connectivity index (χ3n) is 5.38. The highest BCUT2D eigenvalue weighted by Gasteiger charge is 2.34. The summed E-state index contributed by atoms with van der Waals surface area (Å²) in [4.78, 5) is 12.9. The van der Waals surface area contributed by atoms with Crippen molar-refractivity contribution in [3.05, 3.63) is 71.3 Å². The second-order valence-corrected chi connectivity index (χ2v) is 10.3. The second kappa shape index (κ2) is 10.6. The van der Waals surface area contributed by atoms with Crippen LogP contribution < -0.4 is 9.46 Å². The first-order chi connectivity index (χ1) is 17.2. The lowest BCUT2D eigenvalue weighted by molar-refractivity contribution is 0.0949. The second-order valence-electron chi connectivity index (χ2n) is 7.83. The zero-order chi connectivity index (χ0) is 25.9. The van der Waals surface area contributed by atoms with Gasteiger partial charge in [-0.15, -0.1) is 10.2 Å². The molecule has 0 saturated carbocycles. The topological polar surface area (TPSA) is 134 Å². The fraction of sp³-hybridized carbons (Fsp3) is 0.261. The SMILES string of the molecule is COc1cccc(-c2nnc(NS(=O)(=O)C(C)C(OC)c3ncc(C)cn3)n2-c2ccccc2Cl)n1. The average Bonchev–Trinajstić information content (AvgIpc) is 3.28. The van der Waals surface area contributed by atoms with Crippen LogP contribution >= 0.6 is 11.6 Å². The van der Waals surface area contributed by atoms with E-state index >= 15 is 0 Å². The first-order valence-corrected chi connectivity index (χ1v) is 12.7. The molecule has 0 bridgehead atoms. The molecule has 11 nitrogen and oxygen atoms in total. The van der Waals surface area contributed by atoms with Crippen LogP contribution in [0.3, 0.4) is 0 Å². The van der Waals surface area contributed by atoms with Gasteiger partial charge in [-0.1, -0.05) is 29.8 Å². The minimum absolute atomic E-state index is 0.0748. The van der Waals surface area contributed by atoms with Gasteiger partial charge in [0, 0.05) is 25.6 Å². The molecule has 13 heteroatoms. The van der Waals surface area contributed by atoms with Gasteiger partial charge in [0.1, 0.15) is 17.0 Å². The van der Waals surface area contributed by atoms with Crippen LogP contribution in [-0.4, -0.2) is 57.6 Å². The lowest BCUT2D eigenvalue weighted by Crippen LogP contribution is -2.33. The number of methoxy groups -OCH3 is 2. The number of aryl methyl sites for hydroxylation is 1. The number of pyridine rings is 1. The van der Waals surface area contributed by atoms with Crippen molar-refractivity contribution >= 4 is 27.6 Å². The van der Waals surface area contributed by atoms with Gasteiger partial charge in [0.2, 0.25) is 21.9 Å². The number of halogens is 1. The van der Waals surface area contributed by atoms with Crippen molar-refractivity contribution in [3.63, 3.8) is 0 Å². The van der Waals surface area contributed by atoms with Crippen molar-refractivity contribution in [2.75, 3.05) is 18.9 Å². The average molecular weight is 530 g/mol. The summed E-state index contributed by atoms with van der Waals surface area (Å²) in [6.45, 7) is 3.34. The highest BCUT2D eigenvalue weighted by molar-refractivity contribution is 7.93. The van der Waals surface area contributed by atoms with Crippen LogP contribution in [0.4, 0.5) is 5.95 Å². The van der Waals surface area contributed by atoms with Crippen molar-refractivity contribution in [3.8, 4) is 23.1 Å². The minimum atomic E-state index is -4.07. The van der Waals surface area contributed by atoms with E-state index in [1.165, 1.54) is 25.7 Å². The lowest BCUT2D eigenvalue weighted by Gasteiger charge is -2.22. The third kappa shape index (κ3) is 5.15. The van der Waals surface area contributed by atoms with Crippen LogP contribution in [0.25, 0.3) is 17.2 Å². The summed E-state index contributed by atoms with van der Waals surface area (Å²) in [5.74, 6) is 0.791. The lowest BCUT2D eigenvalue weighted by atomic mass is 10.2. The number of hydrogen-bond acceptors (Lipinski definition) is 9. The fourth-order valence-corrected chi connectivity index (χ4v) is 4.82. The van der Waals surface area contributed by atoms with Gasteiger partial charge in [-0.3, -0.25) is 9.29 Å². The Balaban J connectivity index is 1.77. The smallest absolute Gasteiger partial charge is 0.243 e. The summed E-state index contributed by atoms with van der Waals surface area (Å²) >= 11 is 6.47. The standard InChI is InChI=1S/C23H24ClN7O4S/c1-14-12-25-21(26-13-14)20(35-4)15(2)36(32,33)30-23-29-28-22(17-9-7-11-19(27-17)34-3)31(23)18-10-6-5-8-16(18)24/h5-13,15,20H,1-4H3,(H,29,30). The molecular weight excluding hydrogens is 506 g/mol. The number of benzene rings is 1. The first kappa shape index (κ1) is 25.5. The summed E-state index contributed by atoms with van der Waals surface area (Å²) in [7, 11) is -1.18. The maximum atomic E-state index is 13.5. The van der Waals surface area contributed by atoms with Crippen LogP contribution in [0, 0.1) is 6.92 Å².